The molecule has 1 fully saturated rings. The zero-order valence-corrected chi connectivity index (χ0v) is 16.9. The molecule has 2 aromatic carbocycles. The zero-order valence-electron chi connectivity index (χ0n) is 15.3. The Morgan fingerprint density at radius 2 is 2.07 bits per heavy atom. The van der Waals surface area contributed by atoms with E-state index in [1.165, 1.54) is 0 Å². The highest BCUT2D eigenvalue weighted by atomic mass is 79.9. The first-order valence-electron chi connectivity index (χ1n) is 9.23. The van der Waals surface area contributed by atoms with Gasteiger partial charge in [-0.1, -0.05) is 34.1 Å². The van der Waals surface area contributed by atoms with Crippen molar-refractivity contribution in [2.24, 2.45) is 7.05 Å². The molecule has 1 saturated heterocycles. The van der Waals surface area contributed by atoms with Crippen LogP contribution in [0.4, 0.5) is 0 Å². The highest BCUT2D eigenvalue weighted by molar-refractivity contribution is 9.10. The summed E-state index contributed by atoms with van der Waals surface area (Å²) in [6, 6.07) is 13.2. The Kier molecular flexibility index (Phi) is 3.84. The zero-order chi connectivity index (χ0) is 19.5. The minimum atomic E-state index is -0.751. The number of hydrogen-bond acceptors (Lipinski definition) is 4. The van der Waals surface area contributed by atoms with E-state index in [-0.39, 0.29) is 11.9 Å². The molecule has 1 amide bonds. The smallest absolute Gasteiger partial charge is 0.339 e. The van der Waals surface area contributed by atoms with Crippen LogP contribution in [0.2, 0.25) is 0 Å². The van der Waals surface area contributed by atoms with Gasteiger partial charge in [-0.15, -0.1) is 0 Å². The highest BCUT2D eigenvalue weighted by Gasteiger charge is 2.49. The average molecular weight is 440 g/mol. The fraction of sp³-hybridized carbons (Fsp3) is 0.286. The van der Waals surface area contributed by atoms with Gasteiger partial charge in [-0.25, -0.2) is 4.79 Å². The molecular weight excluding hydrogens is 422 g/mol. The van der Waals surface area contributed by atoms with Crippen LogP contribution in [0, 0.1) is 0 Å². The number of amides is 1. The van der Waals surface area contributed by atoms with E-state index in [0.29, 0.717) is 24.3 Å². The standard InChI is InChI=1S/C21H18BrN3O3/c1-24-18(15-8-7-13(22)11-17(15)23-24)19(26)25-10-4-9-21(12-25)16-6-3-2-5-14(16)20(27)28-21/h2-3,5-8,11H,4,9-10,12H2,1H3. The van der Waals surface area contributed by atoms with Crippen molar-refractivity contribution in [2.45, 2.75) is 18.4 Å². The van der Waals surface area contributed by atoms with Crippen molar-refractivity contribution in [3.05, 3.63) is 63.8 Å². The van der Waals surface area contributed by atoms with Crippen molar-refractivity contribution in [1.82, 2.24) is 14.7 Å². The molecule has 0 radical (unpaired) electrons. The monoisotopic (exact) mass is 439 g/mol. The fourth-order valence-corrected chi connectivity index (χ4v) is 4.77. The molecule has 142 valence electrons. The molecule has 1 spiro atoms. The molecule has 3 aromatic rings. The van der Waals surface area contributed by atoms with Gasteiger partial charge in [-0.3, -0.25) is 9.48 Å². The number of esters is 1. The van der Waals surface area contributed by atoms with Crippen molar-refractivity contribution >= 4 is 38.7 Å². The molecular formula is C21H18BrN3O3. The summed E-state index contributed by atoms with van der Waals surface area (Å²) >= 11 is 3.45. The number of carbonyl (C=O) groups is 2. The third kappa shape index (κ3) is 2.49. The van der Waals surface area contributed by atoms with Gasteiger partial charge in [-0.05, 0) is 37.1 Å². The molecule has 5 rings (SSSR count). The molecule has 28 heavy (non-hydrogen) atoms. The molecule has 2 aliphatic rings. The molecule has 0 saturated carbocycles. The van der Waals surface area contributed by atoms with Crippen molar-refractivity contribution in [1.29, 1.82) is 0 Å². The molecule has 0 bridgehead atoms. The maximum absolute atomic E-state index is 13.4. The topological polar surface area (TPSA) is 64.4 Å². The lowest BCUT2D eigenvalue weighted by Gasteiger charge is -2.39. The van der Waals surface area contributed by atoms with Crippen LogP contribution < -0.4 is 0 Å². The molecule has 7 heteroatoms. The van der Waals surface area contributed by atoms with E-state index in [0.717, 1.165) is 33.8 Å². The summed E-state index contributed by atoms with van der Waals surface area (Å²) in [5.41, 5.74) is 2.06. The van der Waals surface area contributed by atoms with Gasteiger partial charge in [0.25, 0.3) is 5.91 Å². The van der Waals surface area contributed by atoms with Gasteiger partial charge < -0.3 is 9.64 Å². The van der Waals surface area contributed by atoms with E-state index in [9.17, 15) is 9.59 Å². The summed E-state index contributed by atoms with van der Waals surface area (Å²) < 4.78 is 8.38. The largest absolute Gasteiger partial charge is 0.449 e. The third-order valence-electron chi connectivity index (χ3n) is 5.67. The van der Waals surface area contributed by atoms with Crippen LogP contribution in [-0.2, 0) is 17.4 Å². The first kappa shape index (κ1) is 17.4. The number of likely N-dealkylation sites (tertiary alicyclic amines) is 1. The van der Waals surface area contributed by atoms with Crippen LogP contribution in [0.3, 0.4) is 0 Å². The van der Waals surface area contributed by atoms with E-state index in [1.807, 2.05) is 36.4 Å². The lowest BCUT2D eigenvalue weighted by atomic mass is 9.85. The molecule has 0 aliphatic carbocycles. The normalized spacial score (nSPS) is 21.2. The molecule has 6 nitrogen and oxygen atoms in total. The van der Waals surface area contributed by atoms with E-state index >= 15 is 0 Å². The van der Waals surface area contributed by atoms with E-state index < -0.39 is 5.60 Å². The van der Waals surface area contributed by atoms with Crippen LogP contribution in [0.1, 0.15) is 39.3 Å². The second kappa shape index (κ2) is 6.17. The summed E-state index contributed by atoms with van der Waals surface area (Å²) in [4.78, 5) is 27.6. The fourth-order valence-electron chi connectivity index (χ4n) is 4.42. The summed E-state index contributed by atoms with van der Waals surface area (Å²) in [5, 5.41) is 5.30. The van der Waals surface area contributed by atoms with Crippen LogP contribution in [0.25, 0.3) is 10.9 Å². The van der Waals surface area contributed by atoms with E-state index in [4.69, 9.17) is 4.74 Å². The number of benzene rings is 2. The molecule has 1 aromatic heterocycles. The Morgan fingerprint density at radius 3 is 2.93 bits per heavy atom. The van der Waals surface area contributed by atoms with Gasteiger partial charge in [0.05, 0.1) is 17.6 Å². The number of hydrogen-bond donors (Lipinski definition) is 0. The number of aromatic nitrogens is 2. The van der Waals surface area contributed by atoms with Gasteiger partial charge in [-0.2, -0.15) is 5.10 Å². The second-order valence-corrected chi connectivity index (χ2v) is 8.31. The number of carbonyl (C=O) groups excluding carboxylic acids is 2. The Labute approximate surface area is 170 Å². The number of rotatable bonds is 1. The van der Waals surface area contributed by atoms with Gasteiger partial charge >= 0.3 is 5.97 Å². The predicted octanol–water partition coefficient (Wildman–Crippen LogP) is 3.64. The summed E-state index contributed by atoms with van der Waals surface area (Å²) in [7, 11) is 1.78. The van der Waals surface area contributed by atoms with Crippen molar-refractivity contribution in [3.63, 3.8) is 0 Å². The quantitative estimate of drug-likeness (QED) is 0.543. The van der Waals surface area contributed by atoms with E-state index in [2.05, 4.69) is 21.0 Å². The lowest BCUT2D eigenvalue weighted by molar-refractivity contribution is -0.0443. The minimum absolute atomic E-state index is 0.0909. The molecule has 1 atom stereocenters. The van der Waals surface area contributed by atoms with Gasteiger partial charge in [0.1, 0.15) is 5.69 Å². The number of ether oxygens (including phenoxy) is 1. The van der Waals surface area contributed by atoms with E-state index in [1.54, 1.807) is 22.7 Å². The minimum Gasteiger partial charge on any atom is -0.449 e. The number of piperidine rings is 1. The highest BCUT2D eigenvalue weighted by Crippen LogP contribution is 2.43. The Hall–Kier alpha value is -2.67. The molecule has 1 unspecified atom stereocenters. The third-order valence-corrected chi connectivity index (χ3v) is 6.16. The maximum Gasteiger partial charge on any atom is 0.339 e. The number of aryl methyl sites for hydroxylation is 1. The van der Waals surface area contributed by atoms with Crippen LogP contribution >= 0.6 is 15.9 Å². The number of nitrogens with zero attached hydrogens (tertiary/aromatic N) is 3. The average Bonchev–Trinajstić information content (AvgIpc) is 3.15. The Morgan fingerprint density at radius 1 is 1.25 bits per heavy atom. The van der Waals surface area contributed by atoms with Crippen molar-refractivity contribution in [3.8, 4) is 0 Å². The predicted molar refractivity (Wildman–Crippen MR) is 107 cm³/mol. The maximum atomic E-state index is 13.4. The second-order valence-electron chi connectivity index (χ2n) is 7.39. The summed E-state index contributed by atoms with van der Waals surface area (Å²) in [5.74, 6) is -0.396. The SMILES string of the molecule is Cn1nc2cc(Br)ccc2c1C(=O)N1CCCC2(C1)OC(=O)c1ccccc12. The Bertz CT molecular complexity index is 1140. The number of fused-ring (bicyclic) bond motifs is 3. The van der Waals surface area contributed by atoms with Crippen LogP contribution in [-0.4, -0.2) is 39.6 Å². The summed E-state index contributed by atoms with van der Waals surface area (Å²) in [6.45, 7) is 0.987. The van der Waals surface area contributed by atoms with Crippen molar-refractivity contribution < 1.29 is 14.3 Å². The van der Waals surface area contributed by atoms with Crippen molar-refractivity contribution in [2.75, 3.05) is 13.1 Å². The first-order valence-corrected chi connectivity index (χ1v) is 10.0. The molecule has 0 N–H and O–H groups in total. The lowest BCUT2D eigenvalue weighted by Crippen LogP contribution is -2.49. The van der Waals surface area contributed by atoms with Crippen LogP contribution in [0.15, 0.2) is 46.9 Å². The Balaban J connectivity index is 1.53. The van der Waals surface area contributed by atoms with Gasteiger partial charge in [0, 0.05) is 29.0 Å². The molecule has 2 aliphatic heterocycles. The van der Waals surface area contributed by atoms with Gasteiger partial charge in [0.15, 0.2) is 5.60 Å². The number of halogens is 1. The summed E-state index contributed by atoms with van der Waals surface area (Å²) in [6.07, 6.45) is 1.49. The van der Waals surface area contributed by atoms with Crippen LogP contribution in [0.5, 0.6) is 0 Å². The first-order chi connectivity index (χ1) is 13.5. The molecule has 3 heterocycles. The van der Waals surface area contributed by atoms with Gasteiger partial charge in [0.2, 0.25) is 0 Å².